The van der Waals surface area contributed by atoms with E-state index in [1.165, 1.54) is 6.07 Å². The van der Waals surface area contributed by atoms with Gasteiger partial charge in [0.2, 0.25) is 0 Å². The maximum Gasteiger partial charge on any atom is 0.335 e. The first kappa shape index (κ1) is 29.0. The number of para-hydroxylation sites is 1. The highest BCUT2D eigenvalue weighted by molar-refractivity contribution is 6.30. The molecule has 3 fully saturated rings. The predicted octanol–water partition coefficient (Wildman–Crippen LogP) is 4.96. The van der Waals surface area contributed by atoms with Gasteiger partial charge in [-0.2, -0.15) is 5.26 Å². The molecule has 13 heteroatoms. The fourth-order valence-corrected chi connectivity index (χ4v) is 7.03. The summed E-state index contributed by atoms with van der Waals surface area (Å²) in [5.41, 5.74) is 1.30. The Morgan fingerprint density at radius 2 is 2.00 bits per heavy atom. The number of aromatic nitrogens is 3. The fraction of sp³-hybridized carbons (Fsp3) is 0.394. The summed E-state index contributed by atoms with van der Waals surface area (Å²) < 4.78 is 35.8. The first-order valence-corrected chi connectivity index (χ1v) is 15.6. The molecule has 0 radical (unpaired) electrons. The van der Waals surface area contributed by atoms with E-state index >= 15 is 4.39 Å². The topological polar surface area (TPSA) is 126 Å². The van der Waals surface area contributed by atoms with Gasteiger partial charge in [0.25, 0.3) is 5.79 Å². The van der Waals surface area contributed by atoms with E-state index in [0.29, 0.717) is 72.9 Å². The van der Waals surface area contributed by atoms with Gasteiger partial charge in [-0.1, -0.05) is 17.7 Å². The minimum Gasteiger partial charge on any atom is -0.478 e. The van der Waals surface area contributed by atoms with Crippen molar-refractivity contribution in [1.82, 2.24) is 19.4 Å². The van der Waals surface area contributed by atoms with Crippen LogP contribution >= 0.6 is 11.6 Å². The molecule has 4 aromatic rings. The van der Waals surface area contributed by atoms with Crippen molar-refractivity contribution in [2.45, 2.75) is 50.7 Å². The zero-order chi connectivity index (χ0) is 31.8. The fourth-order valence-electron chi connectivity index (χ4n) is 6.92. The van der Waals surface area contributed by atoms with Crippen LogP contribution in [-0.4, -0.2) is 68.9 Å². The highest BCUT2D eigenvalue weighted by Crippen LogP contribution is 2.50. The number of nitriles is 1. The van der Waals surface area contributed by atoms with E-state index in [9.17, 15) is 15.2 Å². The number of benzene rings is 2. The van der Waals surface area contributed by atoms with Crippen LogP contribution in [0.15, 0.2) is 48.7 Å². The van der Waals surface area contributed by atoms with Gasteiger partial charge >= 0.3 is 5.97 Å². The molecule has 3 aliphatic heterocycles. The average Bonchev–Trinajstić information content (AvgIpc) is 3.32. The SMILES string of the molecule is C[C@]1(c2ccc(Cl)cn2)Oc2cccc(N3CCN(Cc4nc5c(F)cc(C(=O)O)cc5n4CC4(C#N)CC4)[C@H]4COC[C@H]43)c2O1. The molecule has 11 nitrogen and oxygen atoms in total. The molecule has 0 amide bonds. The van der Waals surface area contributed by atoms with E-state index in [1.54, 1.807) is 18.3 Å². The van der Waals surface area contributed by atoms with Gasteiger partial charge in [-0.3, -0.25) is 9.88 Å². The Morgan fingerprint density at radius 1 is 1.17 bits per heavy atom. The third-order valence-electron chi connectivity index (χ3n) is 9.61. The van der Waals surface area contributed by atoms with Crippen molar-refractivity contribution < 1.29 is 28.5 Å². The number of anilines is 1. The van der Waals surface area contributed by atoms with Crippen LogP contribution in [0, 0.1) is 22.6 Å². The Balaban J connectivity index is 1.09. The Bertz CT molecular complexity index is 1920. The van der Waals surface area contributed by atoms with Crippen molar-refractivity contribution in [3.8, 4) is 17.6 Å². The lowest BCUT2D eigenvalue weighted by atomic mass is 10.0. The zero-order valence-electron chi connectivity index (χ0n) is 24.9. The van der Waals surface area contributed by atoms with E-state index in [2.05, 4.69) is 25.8 Å². The first-order valence-electron chi connectivity index (χ1n) is 15.2. The summed E-state index contributed by atoms with van der Waals surface area (Å²) in [6.07, 6.45) is 3.04. The van der Waals surface area contributed by atoms with Crippen molar-refractivity contribution in [1.29, 1.82) is 5.26 Å². The van der Waals surface area contributed by atoms with E-state index in [1.807, 2.05) is 29.7 Å². The highest BCUT2D eigenvalue weighted by atomic mass is 35.5. The number of fused-ring (bicyclic) bond motifs is 3. The predicted molar refractivity (Wildman–Crippen MR) is 164 cm³/mol. The summed E-state index contributed by atoms with van der Waals surface area (Å²) in [5, 5.41) is 20.0. The number of carbonyl (C=O) groups is 1. The van der Waals surface area contributed by atoms with Gasteiger partial charge in [-0.25, -0.2) is 14.2 Å². The summed E-state index contributed by atoms with van der Waals surface area (Å²) >= 11 is 6.06. The van der Waals surface area contributed by atoms with Crippen molar-refractivity contribution in [3.63, 3.8) is 0 Å². The summed E-state index contributed by atoms with van der Waals surface area (Å²) in [4.78, 5) is 25.4. The smallest absolute Gasteiger partial charge is 0.335 e. The second-order valence-corrected chi connectivity index (χ2v) is 13.0. The molecule has 236 valence electrons. The van der Waals surface area contributed by atoms with Gasteiger partial charge in [0, 0.05) is 32.8 Å². The number of ether oxygens (including phenoxy) is 3. The van der Waals surface area contributed by atoms with Crippen molar-refractivity contribution in [2.75, 3.05) is 31.2 Å². The molecule has 1 aliphatic carbocycles. The monoisotopic (exact) mass is 644 g/mol. The Labute approximate surface area is 268 Å². The molecule has 1 N–H and O–H groups in total. The molecule has 4 aliphatic rings. The van der Waals surface area contributed by atoms with Crippen LogP contribution in [0.4, 0.5) is 10.1 Å². The molecule has 1 saturated carbocycles. The summed E-state index contributed by atoms with van der Waals surface area (Å²) in [5.74, 6) is -1.17. The van der Waals surface area contributed by atoms with Crippen LogP contribution in [0.2, 0.25) is 5.02 Å². The maximum absolute atomic E-state index is 15.2. The molecule has 0 bridgehead atoms. The number of carboxylic acid groups (broad SMARTS) is 1. The Morgan fingerprint density at radius 3 is 2.74 bits per heavy atom. The largest absolute Gasteiger partial charge is 0.478 e. The zero-order valence-corrected chi connectivity index (χ0v) is 25.7. The number of carboxylic acids is 1. The summed E-state index contributed by atoms with van der Waals surface area (Å²) in [6.45, 7) is 4.87. The molecule has 46 heavy (non-hydrogen) atoms. The van der Waals surface area contributed by atoms with Crippen molar-refractivity contribution in [2.24, 2.45) is 5.41 Å². The molecule has 2 saturated heterocycles. The average molecular weight is 645 g/mol. The van der Waals surface area contributed by atoms with E-state index in [4.69, 9.17) is 25.8 Å². The second kappa shape index (κ2) is 10.6. The van der Waals surface area contributed by atoms with Crippen LogP contribution in [0.1, 0.15) is 41.6 Å². The molecular formula is C33H30ClFN6O5. The van der Waals surface area contributed by atoms with E-state index in [0.717, 1.165) is 24.6 Å². The van der Waals surface area contributed by atoms with Crippen LogP contribution < -0.4 is 14.4 Å². The van der Waals surface area contributed by atoms with E-state index in [-0.39, 0.29) is 23.2 Å². The van der Waals surface area contributed by atoms with Gasteiger partial charge < -0.3 is 28.8 Å². The molecule has 2 aromatic carbocycles. The molecule has 0 unspecified atom stereocenters. The van der Waals surface area contributed by atoms with Gasteiger partial charge in [-0.15, -0.1) is 0 Å². The maximum atomic E-state index is 15.2. The number of hydrogen-bond acceptors (Lipinski definition) is 9. The number of piperazine rings is 1. The minimum absolute atomic E-state index is 0.00483. The van der Waals surface area contributed by atoms with Gasteiger partial charge in [0.05, 0.1) is 65.1 Å². The van der Waals surface area contributed by atoms with Gasteiger partial charge in [-0.05, 0) is 49.2 Å². The lowest BCUT2D eigenvalue weighted by molar-refractivity contribution is -0.0716. The number of halogens is 2. The summed E-state index contributed by atoms with van der Waals surface area (Å²) in [7, 11) is 0. The number of rotatable bonds is 7. The Kier molecular flexibility index (Phi) is 6.65. The lowest BCUT2D eigenvalue weighted by Gasteiger charge is -2.44. The standard InChI is InChI=1S/C33H30ClFN6O5/c1-32(27-6-5-20(34)13-37-27)45-26-4-2-3-22(30(26)46-32)40-10-9-39(24-15-44-16-25(24)40)14-28-38-29-21(35)11-19(31(42)43)12-23(29)41(28)18-33(17-36)7-8-33/h2-6,11-13,24-25H,7-10,14-16,18H2,1H3,(H,42,43)/t24-,25+,32-/m0/s1. The third-order valence-corrected chi connectivity index (χ3v) is 9.83. The van der Waals surface area contributed by atoms with Gasteiger partial charge in [0.1, 0.15) is 17.0 Å². The lowest BCUT2D eigenvalue weighted by Crippen LogP contribution is -2.59. The molecule has 2 aromatic heterocycles. The van der Waals surface area contributed by atoms with Crippen molar-refractivity contribution in [3.05, 3.63) is 76.6 Å². The molecular weight excluding hydrogens is 615 g/mol. The van der Waals surface area contributed by atoms with Crippen molar-refractivity contribution >= 4 is 34.3 Å². The van der Waals surface area contributed by atoms with E-state index < -0.39 is 23.0 Å². The second-order valence-electron chi connectivity index (χ2n) is 12.6. The number of pyridine rings is 1. The number of imidazole rings is 1. The quantitative estimate of drug-likeness (QED) is 0.295. The first-order chi connectivity index (χ1) is 22.2. The Hall–Kier alpha value is -4.44. The summed E-state index contributed by atoms with van der Waals surface area (Å²) in [6, 6.07) is 14.2. The van der Waals surface area contributed by atoms with Crippen LogP contribution in [-0.2, 0) is 23.6 Å². The van der Waals surface area contributed by atoms with Crippen LogP contribution in [0.5, 0.6) is 11.5 Å². The minimum atomic E-state index is -1.22. The molecule has 5 heterocycles. The molecule has 0 spiro atoms. The number of aromatic carboxylic acids is 1. The van der Waals surface area contributed by atoms with Gasteiger partial charge in [0.15, 0.2) is 17.3 Å². The number of hydrogen-bond donors (Lipinski definition) is 1. The molecule has 3 atom stereocenters. The normalized spacial score (nSPS) is 24.6. The van der Waals surface area contributed by atoms with Crippen LogP contribution in [0.25, 0.3) is 11.0 Å². The number of nitrogens with zero attached hydrogens (tertiary/aromatic N) is 6. The van der Waals surface area contributed by atoms with Crippen LogP contribution in [0.3, 0.4) is 0 Å². The molecule has 8 rings (SSSR count). The highest BCUT2D eigenvalue weighted by Gasteiger charge is 2.47. The third kappa shape index (κ3) is 4.73.